The lowest BCUT2D eigenvalue weighted by atomic mass is 10.1. The average Bonchev–Trinajstić information content (AvgIpc) is 2.26. The molecule has 0 radical (unpaired) electrons. The summed E-state index contributed by atoms with van der Waals surface area (Å²) in [6, 6.07) is 6.75. The maximum absolute atomic E-state index is 13.1. The fraction of sp³-hybridized carbons (Fsp3) is 0.538. The topological polar surface area (TPSA) is 29.3 Å². The van der Waals surface area contributed by atoms with E-state index in [1.54, 1.807) is 12.1 Å². The Hall–Kier alpha value is -1.09. The van der Waals surface area contributed by atoms with Gasteiger partial charge in [0, 0.05) is 18.8 Å². The largest absolute Gasteiger partial charge is 0.371 e. The van der Waals surface area contributed by atoms with E-state index < -0.39 is 0 Å². The zero-order valence-electron chi connectivity index (χ0n) is 10.1. The van der Waals surface area contributed by atoms with Crippen LogP contribution in [0.15, 0.2) is 24.3 Å². The van der Waals surface area contributed by atoms with Crippen molar-refractivity contribution in [1.29, 1.82) is 0 Å². The molecule has 2 nitrogen and oxygen atoms in total. The molecule has 3 heteroatoms. The van der Waals surface area contributed by atoms with Crippen LogP contribution in [0.5, 0.6) is 0 Å². The normalized spacial score (nSPS) is 12.5. The predicted octanol–water partition coefficient (Wildman–Crippen LogP) is 2.64. The van der Waals surface area contributed by atoms with Crippen molar-refractivity contribution in [2.24, 2.45) is 11.7 Å². The summed E-state index contributed by atoms with van der Waals surface area (Å²) in [4.78, 5) is 2.18. The van der Waals surface area contributed by atoms with Crippen molar-refractivity contribution in [3.05, 3.63) is 30.1 Å². The Kier molecular flexibility index (Phi) is 5.26. The van der Waals surface area contributed by atoms with Crippen molar-refractivity contribution in [3.8, 4) is 0 Å². The molecule has 2 N–H and O–H groups in total. The lowest BCUT2D eigenvalue weighted by Crippen LogP contribution is -2.29. The maximum atomic E-state index is 13.1. The van der Waals surface area contributed by atoms with E-state index in [0.29, 0.717) is 12.5 Å². The fourth-order valence-corrected chi connectivity index (χ4v) is 1.84. The lowest BCUT2D eigenvalue weighted by Gasteiger charge is -2.26. The van der Waals surface area contributed by atoms with Crippen LogP contribution in [0, 0.1) is 11.7 Å². The van der Waals surface area contributed by atoms with Gasteiger partial charge in [-0.3, -0.25) is 0 Å². The van der Waals surface area contributed by atoms with Crippen LogP contribution in [0.4, 0.5) is 10.1 Å². The number of hydrogen-bond acceptors (Lipinski definition) is 2. The number of anilines is 1. The van der Waals surface area contributed by atoms with E-state index in [2.05, 4.69) is 18.7 Å². The lowest BCUT2D eigenvalue weighted by molar-refractivity contribution is 0.528. The van der Waals surface area contributed by atoms with Gasteiger partial charge in [-0.1, -0.05) is 13.0 Å². The van der Waals surface area contributed by atoms with Gasteiger partial charge in [-0.15, -0.1) is 0 Å². The molecule has 0 bridgehead atoms. The van der Waals surface area contributed by atoms with Crippen LogP contribution in [-0.4, -0.2) is 19.6 Å². The van der Waals surface area contributed by atoms with Crippen molar-refractivity contribution in [2.75, 3.05) is 24.5 Å². The van der Waals surface area contributed by atoms with Gasteiger partial charge in [-0.25, -0.2) is 4.39 Å². The minimum absolute atomic E-state index is 0.178. The van der Waals surface area contributed by atoms with E-state index in [-0.39, 0.29) is 5.82 Å². The predicted molar refractivity (Wildman–Crippen MR) is 67.1 cm³/mol. The zero-order valence-corrected chi connectivity index (χ0v) is 10.1. The Morgan fingerprint density at radius 2 is 2.19 bits per heavy atom. The highest BCUT2D eigenvalue weighted by Gasteiger charge is 2.09. The Morgan fingerprint density at radius 3 is 2.75 bits per heavy atom. The third kappa shape index (κ3) is 3.81. The standard InChI is InChI=1S/C13H21FN2/c1-3-16(10-11(2)7-8-15)13-6-4-5-12(14)9-13/h4-6,9,11H,3,7-8,10,15H2,1-2H3. The summed E-state index contributed by atoms with van der Waals surface area (Å²) >= 11 is 0. The highest BCUT2D eigenvalue weighted by atomic mass is 19.1. The van der Waals surface area contributed by atoms with Crippen LogP contribution < -0.4 is 10.6 Å². The van der Waals surface area contributed by atoms with Crippen molar-refractivity contribution in [3.63, 3.8) is 0 Å². The molecule has 0 aliphatic carbocycles. The van der Waals surface area contributed by atoms with Gasteiger partial charge in [0.15, 0.2) is 0 Å². The molecular weight excluding hydrogens is 203 g/mol. The molecule has 1 rings (SSSR count). The van der Waals surface area contributed by atoms with Crippen molar-refractivity contribution >= 4 is 5.69 Å². The smallest absolute Gasteiger partial charge is 0.125 e. The highest BCUT2D eigenvalue weighted by molar-refractivity contribution is 5.46. The number of halogens is 1. The van der Waals surface area contributed by atoms with Gasteiger partial charge < -0.3 is 10.6 Å². The molecule has 1 aromatic carbocycles. The van der Waals surface area contributed by atoms with Gasteiger partial charge in [0.2, 0.25) is 0 Å². The zero-order chi connectivity index (χ0) is 12.0. The molecule has 90 valence electrons. The second-order valence-corrected chi connectivity index (χ2v) is 4.20. The number of nitrogens with two attached hydrogens (primary N) is 1. The third-order valence-electron chi connectivity index (χ3n) is 2.75. The van der Waals surface area contributed by atoms with Crippen molar-refractivity contribution < 1.29 is 4.39 Å². The second kappa shape index (κ2) is 6.48. The monoisotopic (exact) mass is 224 g/mol. The summed E-state index contributed by atoms with van der Waals surface area (Å²) in [5.41, 5.74) is 6.48. The Labute approximate surface area is 97.3 Å². The van der Waals surface area contributed by atoms with Crippen LogP contribution in [0.3, 0.4) is 0 Å². The van der Waals surface area contributed by atoms with Crippen LogP contribution in [0.2, 0.25) is 0 Å². The minimum Gasteiger partial charge on any atom is -0.371 e. The van der Waals surface area contributed by atoms with E-state index in [1.165, 1.54) is 6.07 Å². The Morgan fingerprint density at radius 1 is 1.44 bits per heavy atom. The molecule has 0 aliphatic rings. The first-order valence-electron chi connectivity index (χ1n) is 5.88. The molecule has 0 fully saturated rings. The minimum atomic E-state index is -0.178. The highest BCUT2D eigenvalue weighted by Crippen LogP contribution is 2.17. The van der Waals surface area contributed by atoms with Crippen LogP contribution in [0.1, 0.15) is 20.3 Å². The van der Waals surface area contributed by atoms with E-state index >= 15 is 0 Å². The van der Waals surface area contributed by atoms with E-state index in [9.17, 15) is 4.39 Å². The van der Waals surface area contributed by atoms with E-state index in [4.69, 9.17) is 5.73 Å². The van der Waals surface area contributed by atoms with Gasteiger partial charge in [0.05, 0.1) is 0 Å². The molecule has 0 aliphatic heterocycles. The van der Waals surface area contributed by atoms with Crippen molar-refractivity contribution in [2.45, 2.75) is 20.3 Å². The molecule has 16 heavy (non-hydrogen) atoms. The maximum Gasteiger partial charge on any atom is 0.125 e. The van der Waals surface area contributed by atoms with E-state index in [0.717, 1.165) is 25.2 Å². The number of nitrogens with zero attached hydrogens (tertiary/aromatic N) is 1. The molecule has 0 saturated carbocycles. The third-order valence-corrected chi connectivity index (χ3v) is 2.75. The second-order valence-electron chi connectivity index (χ2n) is 4.20. The summed E-state index contributed by atoms with van der Waals surface area (Å²) < 4.78 is 13.1. The molecule has 0 amide bonds. The van der Waals surface area contributed by atoms with Crippen molar-refractivity contribution in [1.82, 2.24) is 0 Å². The average molecular weight is 224 g/mol. The first-order valence-corrected chi connectivity index (χ1v) is 5.88. The quantitative estimate of drug-likeness (QED) is 0.805. The van der Waals surface area contributed by atoms with Gasteiger partial charge in [-0.2, -0.15) is 0 Å². The molecule has 0 aromatic heterocycles. The molecule has 0 saturated heterocycles. The Balaban J connectivity index is 2.67. The summed E-state index contributed by atoms with van der Waals surface area (Å²) in [5.74, 6) is 0.357. The molecule has 0 spiro atoms. The summed E-state index contributed by atoms with van der Waals surface area (Å²) in [7, 11) is 0. The summed E-state index contributed by atoms with van der Waals surface area (Å²) in [6.45, 7) is 6.78. The van der Waals surface area contributed by atoms with E-state index in [1.807, 2.05) is 6.07 Å². The van der Waals surface area contributed by atoms with Gasteiger partial charge >= 0.3 is 0 Å². The number of hydrogen-bond donors (Lipinski definition) is 1. The van der Waals surface area contributed by atoms with Crippen LogP contribution in [0.25, 0.3) is 0 Å². The molecular formula is C13H21FN2. The van der Waals surface area contributed by atoms with Gasteiger partial charge in [0.1, 0.15) is 5.82 Å². The molecule has 1 aromatic rings. The van der Waals surface area contributed by atoms with Gasteiger partial charge in [0.25, 0.3) is 0 Å². The number of rotatable bonds is 6. The van der Waals surface area contributed by atoms with Crippen LogP contribution in [-0.2, 0) is 0 Å². The van der Waals surface area contributed by atoms with Gasteiger partial charge in [-0.05, 0) is 44.0 Å². The fourth-order valence-electron chi connectivity index (χ4n) is 1.84. The first-order chi connectivity index (χ1) is 7.67. The number of benzene rings is 1. The molecule has 1 unspecified atom stereocenters. The molecule has 0 heterocycles. The SMILES string of the molecule is CCN(CC(C)CCN)c1cccc(F)c1. The summed E-state index contributed by atoms with van der Waals surface area (Å²) in [5, 5.41) is 0. The Bertz CT molecular complexity index is 315. The molecule has 1 atom stereocenters. The first kappa shape index (κ1) is 13.0. The van der Waals surface area contributed by atoms with Crippen LogP contribution >= 0.6 is 0 Å². The summed E-state index contributed by atoms with van der Waals surface area (Å²) in [6.07, 6.45) is 1.01.